The van der Waals surface area contributed by atoms with E-state index < -0.39 is 0 Å². The van der Waals surface area contributed by atoms with Crippen molar-refractivity contribution in [1.29, 1.82) is 0 Å². The molecule has 4 heteroatoms. The number of ether oxygens (including phenoxy) is 1. The molecule has 0 amide bonds. The number of hydrogen-bond acceptors (Lipinski definition) is 3. The van der Waals surface area contributed by atoms with E-state index in [2.05, 4.69) is 34.6 Å². The van der Waals surface area contributed by atoms with Gasteiger partial charge in [0.05, 0.1) is 17.5 Å². The molecule has 0 saturated carbocycles. The summed E-state index contributed by atoms with van der Waals surface area (Å²) in [5.74, 6) is 0. The van der Waals surface area contributed by atoms with Crippen LogP contribution >= 0.6 is 11.6 Å². The lowest BCUT2D eigenvalue weighted by atomic mass is 10.1. The third-order valence-corrected chi connectivity index (χ3v) is 3.36. The van der Waals surface area contributed by atoms with Gasteiger partial charge in [0.1, 0.15) is 0 Å². The summed E-state index contributed by atoms with van der Waals surface area (Å²) in [6.07, 6.45) is 2.73. The van der Waals surface area contributed by atoms with Crippen LogP contribution in [0, 0.1) is 0 Å². The van der Waals surface area contributed by atoms with Crippen molar-refractivity contribution in [2.45, 2.75) is 18.3 Å². The molecule has 0 aliphatic heterocycles. The van der Waals surface area contributed by atoms with E-state index in [-0.39, 0.29) is 5.38 Å². The number of nitrogens with one attached hydrogen (secondary N) is 1. The average Bonchev–Trinajstić information content (AvgIpc) is 2.44. The minimum absolute atomic E-state index is 0.0724. The van der Waals surface area contributed by atoms with Crippen molar-refractivity contribution in [1.82, 2.24) is 10.3 Å². The molecule has 19 heavy (non-hydrogen) atoms. The van der Waals surface area contributed by atoms with Crippen molar-refractivity contribution >= 4 is 22.5 Å². The van der Waals surface area contributed by atoms with Crippen molar-refractivity contribution in [3.63, 3.8) is 0 Å². The molecule has 1 heterocycles. The van der Waals surface area contributed by atoms with Gasteiger partial charge in [0.15, 0.2) is 0 Å². The number of para-hydroxylation sites is 1. The van der Waals surface area contributed by atoms with Gasteiger partial charge in [0, 0.05) is 25.2 Å². The predicted molar refractivity (Wildman–Crippen MR) is 79.6 cm³/mol. The van der Waals surface area contributed by atoms with E-state index in [9.17, 15) is 0 Å². The molecular formula is C15H19ClN2O. The Hall–Kier alpha value is -1.16. The van der Waals surface area contributed by atoms with Crippen LogP contribution in [0.4, 0.5) is 0 Å². The van der Waals surface area contributed by atoms with Crippen LogP contribution in [0.2, 0.25) is 0 Å². The molecule has 0 aliphatic rings. The molecule has 1 unspecified atom stereocenters. The fraction of sp³-hybridized carbons (Fsp3) is 0.400. The molecule has 0 saturated heterocycles. The lowest BCUT2D eigenvalue weighted by Gasteiger charge is -2.10. The number of rotatable bonds is 7. The summed E-state index contributed by atoms with van der Waals surface area (Å²) >= 11 is 6.08. The molecule has 1 aromatic heterocycles. The van der Waals surface area contributed by atoms with Crippen LogP contribution in [-0.4, -0.2) is 30.6 Å². The Morgan fingerprint density at radius 2 is 2.16 bits per heavy atom. The predicted octanol–water partition coefficient (Wildman–Crippen LogP) is 2.97. The van der Waals surface area contributed by atoms with E-state index in [1.165, 1.54) is 10.9 Å². The lowest BCUT2D eigenvalue weighted by molar-refractivity contribution is 0.195. The second-order valence-electron chi connectivity index (χ2n) is 4.51. The maximum absolute atomic E-state index is 6.08. The molecular weight excluding hydrogens is 260 g/mol. The van der Waals surface area contributed by atoms with Crippen LogP contribution in [0.15, 0.2) is 36.5 Å². The highest BCUT2D eigenvalue weighted by Crippen LogP contribution is 2.15. The number of fused-ring (bicyclic) bond motifs is 1. The molecule has 1 aromatic carbocycles. The molecule has 1 N–H and O–H groups in total. The fourth-order valence-electron chi connectivity index (χ4n) is 2.06. The van der Waals surface area contributed by atoms with Crippen LogP contribution in [0.1, 0.15) is 12.0 Å². The highest BCUT2D eigenvalue weighted by molar-refractivity contribution is 6.20. The smallest absolute Gasteiger partial charge is 0.0746 e. The number of nitrogens with zero attached hydrogens (tertiary/aromatic N) is 1. The molecule has 102 valence electrons. The SMILES string of the molecule is COCC(Cl)CCNCc1cccc2cccnc12. The van der Waals surface area contributed by atoms with Crippen LogP contribution < -0.4 is 5.32 Å². The highest BCUT2D eigenvalue weighted by atomic mass is 35.5. The maximum atomic E-state index is 6.08. The van der Waals surface area contributed by atoms with Gasteiger partial charge in [-0.3, -0.25) is 4.98 Å². The Bertz CT molecular complexity index is 513. The first-order chi connectivity index (χ1) is 9.31. The summed E-state index contributed by atoms with van der Waals surface area (Å²) in [6, 6.07) is 10.3. The van der Waals surface area contributed by atoms with Crippen molar-refractivity contribution in [3.8, 4) is 0 Å². The van der Waals surface area contributed by atoms with E-state index in [1.54, 1.807) is 7.11 Å². The van der Waals surface area contributed by atoms with Gasteiger partial charge in [-0.05, 0) is 24.6 Å². The van der Waals surface area contributed by atoms with Gasteiger partial charge in [-0.2, -0.15) is 0 Å². The van der Waals surface area contributed by atoms with Crippen molar-refractivity contribution < 1.29 is 4.74 Å². The normalized spacial score (nSPS) is 12.7. The van der Waals surface area contributed by atoms with Crippen LogP contribution in [0.25, 0.3) is 10.9 Å². The van der Waals surface area contributed by atoms with Gasteiger partial charge in [-0.15, -0.1) is 11.6 Å². The fourth-order valence-corrected chi connectivity index (χ4v) is 2.29. The molecule has 3 nitrogen and oxygen atoms in total. The summed E-state index contributed by atoms with van der Waals surface area (Å²) in [4.78, 5) is 4.44. The van der Waals surface area contributed by atoms with Crippen molar-refractivity contribution in [3.05, 3.63) is 42.1 Å². The number of alkyl halides is 1. The average molecular weight is 279 g/mol. The molecule has 0 bridgehead atoms. The van der Waals surface area contributed by atoms with E-state index in [4.69, 9.17) is 16.3 Å². The second kappa shape index (κ2) is 7.43. The minimum atomic E-state index is 0.0724. The minimum Gasteiger partial charge on any atom is -0.383 e. The van der Waals surface area contributed by atoms with E-state index in [1.807, 2.05) is 12.3 Å². The molecule has 0 radical (unpaired) electrons. The quantitative estimate of drug-likeness (QED) is 0.625. The number of benzene rings is 1. The summed E-state index contributed by atoms with van der Waals surface area (Å²) < 4.78 is 5.01. The molecule has 0 spiro atoms. The first-order valence-corrected chi connectivity index (χ1v) is 6.91. The molecule has 2 rings (SSSR count). The highest BCUT2D eigenvalue weighted by Gasteiger charge is 2.04. The molecule has 2 aromatic rings. The number of methoxy groups -OCH3 is 1. The maximum Gasteiger partial charge on any atom is 0.0746 e. The van der Waals surface area contributed by atoms with Gasteiger partial charge in [0.25, 0.3) is 0 Å². The van der Waals surface area contributed by atoms with E-state index in [0.29, 0.717) is 6.61 Å². The topological polar surface area (TPSA) is 34.1 Å². The molecule has 1 atom stereocenters. The Balaban J connectivity index is 1.88. The first-order valence-electron chi connectivity index (χ1n) is 6.47. The summed E-state index contributed by atoms with van der Waals surface area (Å²) in [5.41, 5.74) is 2.28. The zero-order valence-electron chi connectivity index (χ0n) is 11.1. The zero-order valence-corrected chi connectivity index (χ0v) is 11.9. The number of halogens is 1. The number of hydrogen-bond donors (Lipinski definition) is 1. The van der Waals surface area contributed by atoms with Crippen LogP contribution in [-0.2, 0) is 11.3 Å². The van der Waals surface area contributed by atoms with Gasteiger partial charge in [0.2, 0.25) is 0 Å². The van der Waals surface area contributed by atoms with Gasteiger partial charge >= 0.3 is 0 Å². The first kappa shape index (κ1) is 14.3. The second-order valence-corrected chi connectivity index (χ2v) is 5.13. The van der Waals surface area contributed by atoms with E-state index in [0.717, 1.165) is 25.0 Å². The summed E-state index contributed by atoms with van der Waals surface area (Å²) in [7, 11) is 1.67. The monoisotopic (exact) mass is 278 g/mol. The van der Waals surface area contributed by atoms with Gasteiger partial charge < -0.3 is 10.1 Å². The third kappa shape index (κ3) is 4.16. The van der Waals surface area contributed by atoms with Crippen molar-refractivity contribution in [2.24, 2.45) is 0 Å². The number of pyridine rings is 1. The summed E-state index contributed by atoms with van der Waals surface area (Å²) in [6.45, 7) is 2.28. The van der Waals surface area contributed by atoms with Crippen LogP contribution in [0.3, 0.4) is 0 Å². The number of aromatic nitrogens is 1. The van der Waals surface area contributed by atoms with Gasteiger partial charge in [-0.25, -0.2) is 0 Å². The Labute approximate surface area is 118 Å². The zero-order chi connectivity index (χ0) is 13.5. The Morgan fingerprint density at radius 1 is 1.32 bits per heavy atom. The molecule has 0 fully saturated rings. The third-order valence-electron chi connectivity index (χ3n) is 3.01. The lowest BCUT2D eigenvalue weighted by Crippen LogP contribution is -2.20. The summed E-state index contributed by atoms with van der Waals surface area (Å²) in [5, 5.41) is 4.65. The van der Waals surface area contributed by atoms with E-state index >= 15 is 0 Å². The standard InChI is InChI=1S/C15H19ClN2O/c1-19-11-14(16)7-9-17-10-13-5-2-4-12-6-3-8-18-15(12)13/h2-6,8,14,17H,7,9-11H2,1H3. The van der Waals surface area contributed by atoms with Crippen molar-refractivity contribution in [2.75, 3.05) is 20.3 Å². The molecule has 0 aliphatic carbocycles. The Kier molecular flexibility index (Phi) is 5.58. The van der Waals surface area contributed by atoms with Gasteiger partial charge in [-0.1, -0.05) is 24.3 Å². The largest absolute Gasteiger partial charge is 0.383 e. The Morgan fingerprint density at radius 3 is 3.00 bits per heavy atom. The van der Waals surface area contributed by atoms with Crippen LogP contribution in [0.5, 0.6) is 0 Å².